The van der Waals surface area contributed by atoms with E-state index in [9.17, 15) is 0 Å². The summed E-state index contributed by atoms with van der Waals surface area (Å²) in [7, 11) is 3.56. The lowest BCUT2D eigenvalue weighted by molar-refractivity contribution is 0.213. The van der Waals surface area contributed by atoms with Gasteiger partial charge in [0.25, 0.3) is 0 Å². The molecular formula is C24H25N5O. The van der Waals surface area contributed by atoms with Crippen LogP contribution in [0.15, 0.2) is 83.3 Å². The highest BCUT2D eigenvalue weighted by Gasteiger charge is 2.26. The lowest BCUT2D eigenvalue weighted by Crippen LogP contribution is -2.33. The number of hydrogen-bond acceptors (Lipinski definition) is 6. The van der Waals surface area contributed by atoms with Crippen molar-refractivity contribution in [3.05, 3.63) is 95.3 Å². The Morgan fingerprint density at radius 2 is 1.90 bits per heavy atom. The van der Waals surface area contributed by atoms with Crippen LogP contribution in [0, 0.1) is 0 Å². The molecule has 152 valence electrons. The van der Waals surface area contributed by atoms with Crippen molar-refractivity contribution >= 4 is 17.1 Å². The number of hydrogen-bond donors (Lipinski definition) is 1. The monoisotopic (exact) mass is 399 g/mol. The molecule has 1 aliphatic rings. The molecular weight excluding hydrogens is 374 g/mol. The highest BCUT2D eigenvalue weighted by molar-refractivity contribution is 6.04. The fourth-order valence-corrected chi connectivity index (χ4v) is 3.68. The van der Waals surface area contributed by atoms with Crippen molar-refractivity contribution in [1.29, 1.82) is 0 Å². The van der Waals surface area contributed by atoms with Gasteiger partial charge in [-0.2, -0.15) is 5.10 Å². The Bertz CT molecular complexity index is 1080. The zero-order chi connectivity index (χ0) is 20.9. The van der Waals surface area contributed by atoms with E-state index < -0.39 is 0 Å². The largest absolute Gasteiger partial charge is 0.399 e. The van der Waals surface area contributed by atoms with E-state index >= 15 is 0 Å². The molecule has 0 aliphatic carbocycles. The number of pyridine rings is 1. The summed E-state index contributed by atoms with van der Waals surface area (Å²) in [6.07, 6.45) is 4.33. The Balaban J connectivity index is 1.63. The van der Waals surface area contributed by atoms with Crippen LogP contribution in [-0.4, -0.2) is 35.6 Å². The van der Waals surface area contributed by atoms with Gasteiger partial charge in [-0.3, -0.25) is 9.99 Å². The molecule has 1 N–H and O–H groups in total. The molecule has 0 spiro atoms. The van der Waals surface area contributed by atoms with Crippen LogP contribution in [0.3, 0.4) is 0 Å². The van der Waals surface area contributed by atoms with Crippen LogP contribution in [0.5, 0.6) is 0 Å². The topological polar surface area (TPSA) is 62.1 Å². The van der Waals surface area contributed by atoms with Crippen LogP contribution in [0.1, 0.15) is 35.3 Å². The molecule has 1 aliphatic heterocycles. The molecule has 2 aromatic carbocycles. The molecule has 3 aromatic rings. The maximum absolute atomic E-state index is 4.91. The van der Waals surface area contributed by atoms with E-state index in [1.54, 1.807) is 7.11 Å². The predicted molar refractivity (Wildman–Crippen MR) is 121 cm³/mol. The van der Waals surface area contributed by atoms with E-state index in [2.05, 4.69) is 51.9 Å². The van der Waals surface area contributed by atoms with Gasteiger partial charge >= 0.3 is 0 Å². The molecule has 6 nitrogen and oxygen atoms in total. The molecule has 4 rings (SSSR count). The maximum atomic E-state index is 4.91. The standard InChI is InChI=1S/C24H25N5O/c1-17(28-30-3)19-7-6-8-20(16-19)26-24-22-10-5-4-9-21(22)23(27-29(24)2)15-18-11-13-25-14-12-18/h4-14,16,24,26H,15H2,1-3H3/b28-17+. The predicted octanol–water partition coefficient (Wildman–Crippen LogP) is 4.45. The Kier molecular flexibility index (Phi) is 5.75. The van der Waals surface area contributed by atoms with Gasteiger partial charge in [0, 0.05) is 48.2 Å². The van der Waals surface area contributed by atoms with E-state index in [4.69, 9.17) is 9.94 Å². The third-order valence-corrected chi connectivity index (χ3v) is 5.15. The number of hydrazone groups is 1. The van der Waals surface area contributed by atoms with Gasteiger partial charge in [-0.05, 0) is 36.8 Å². The normalized spacial score (nSPS) is 16.0. The molecule has 1 unspecified atom stereocenters. The molecule has 2 heterocycles. The van der Waals surface area contributed by atoms with E-state index in [-0.39, 0.29) is 6.17 Å². The minimum Gasteiger partial charge on any atom is -0.399 e. The molecule has 1 aromatic heterocycles. The van der Waals surface area contributed by atoms with Crippen LogP contribution >= 0.6 is 0 Å². The zero-order valence-electron chi connectivity index (χ0n) is 17.4. The highest BCUT2D eigenvalue weighted by Crippen LogP contribution is 2.31. The van der Waals surface area contributed by atoms with Crippen molar-refractivity contribution in [3.8, 4) is 0 Å². The van der Waals surface area contributed by atoms with Crippen LogP contribution in [0.4, 0.5) is 5.69 Å². The molecule has 0 radical (unpaired) electrons. The molecule has 6 heteroatoms. The lowest BCUT2D eigenvalue weighted by Gasteiger charge is -2.34. The average molecular weight is 399 g/mol. The summed E-state index contributed by atoms with van der Waals surface area (Å²) in [4.78, 5) is 9.02. The van der Waals surface area contributed by atoms with E-state index in [0.717, 1.165) is 34.7 Å². The number of aromatic nitrogens is 1. The Labute approximate surface area is 176 Å². The van der Waals surface area contributed by atoms with E-state index in [1.165, 1.54) is 11.1 Å². The summed E-state index contributed by atoms with van der Waals surface area (Å²) in [5.74, 6) is 0. The third kappa shape index (κ3) is 4.17. The molecule has 30 heavy (non-hydrogen) atoms. The third-order valence-electron chi connectivity index (χ3n) is 5.15. The molecule has 0 saturated carbocycles. The van der Waals surface area contributed by atoms with Crippen molar-refractivity contribution in [2.24, 2.45) is 10.3 Å². The second-order valence-electron chi connectivity index (χ2n) is 7.23. The quantitative estimate of drug-likeness (QED) is 0.491. The zero-order valence-corrected chi connectivity index (χ0v) is 17.4. The maximum Gasteiger partial charge on any atom is 0.142 e. The number of fused-ring (bicyclic) bond motifs is 1. The van der Waals surface area contributed by atoms with Gasteiger partial charge in [0.2, 0.25) is 0 Å². The fourth-order valence-electron chi connectivity index (χ4n) is 3.68. The van der Waals surface area contributed by atoms with Gasteiger partial charge in [0.05, 0.1) is 11.4 Å². The Morgan fingerprint density at radius 3 is 2.70 bits per heavy atom. The van der Waals surface area contributed by atoms with Crippen LogP contribution in [-0.2, 0) is 11.3 Å². The molecule has 0 bridgehead atoms. The summed E-state index contributed by atoms with van der Waals surface area (Å²) in [6.45, 7) is 1.93. The van der Waals surface area contributed by atoms with Gasteiger partial charge < -0.3 is 10.2 Å². The van der Waals surface area contributed by atoms with Gasteiger partial charge in [-0.25, -0.2) is 0 Å². The lowest BCUT2D eigenvalue weighted by atomic mass is 9.95. The highest BCUT2D eigenvalue weighted by atomic mass is 16.6. The van der Waals surface area contributed by atoms with Crippen LogP contribution in [0.25, 0.3) is 0 Å². The first-order valence-corrected chi connectivity index (χ1v) is 9.89. The first-order valence-electron chi connectivity index (χ1n) is 9.89. The second-order valence-corrected chi connectivity index (χ2v) is 7.23. The number of rotatable bonds is 6. The minimum atomic E-state index is -0.0719. The smallest absolute Gasteiger partial charge is 0.142 e. The number of benzene rings is 2. The fraction of sp³-hybridized carbons (Fsp3) is 0.208. The second kappa shape index (κ2) is 8.78. The number of anilines is 1. The van der Waals surface area contributed by atoms with E-state index in [1.807, 2.05) is 55.6 Å². The van der Waals surface area contributed by atoms with Crippen molar-refractivity contribution in [3.63, 3.8) is 0 Å². The Hall–Kier alpha value is -3.67. The van der Waals surface area contributed by atoms with Gasteiger partial charge in [-0.15, -0.1) is 0 Å². The van der Waals surface area contributed by atoms with Crippen molar-refractivity contribution < 1.29 is 4.84 Å². The van der Waals surface area contributed by atoms with Gasteiger partial charge in [0.15, 0.2) is 0 Å². The molecule has 0 fully saturated rings. The summed E-state index contributed by atoms with van der Waals surface area (Å²) >= 11 is 0. The number of oxime groups is 1. The van der Waals surface area contributed by atoms with Gasteiger partial charge in [-0.1, -0.05) is 41.6 Å². The van der Waals surface area contributed by atoms with E-state index in [0.29, 0.717) is 0 Å². The average Bonchev–Trinajstić information content (AvgIpc) is 2.77. The summed E-state index contributed by atoms with van der Waals surface area (Å²) in [6, 6.07) is 20.7. The summed E-state index contributed by atoms with van der Waals surface area (Å²) in [5.41, 5.74) is 7.45. The van der Waals surface area contributed by atoms with Gasteiger partial charge in [0.1, 0.15) is 13.3 Å². The molecule has 1 atom stereocenters. The van der Waals surface area contributed by atoms with Crippen LogP contribution < -0.4 is 5.32 Å². The summed E-state index contributed by atoms with van der Waals surface area (Å²) < 4.78 is 0. The molecule has 0 saturated heterocycles. The minimum absolute atomic E-state index is 0.0719. The SMILES string of the molecule is CO/N=C(\C)c1cccc(NC2c3ccccc3C(Cc3ccncc3)=NN2C)c1. The Morgan fingerprint density at radius 1 is 1.10 bits per heavy atom. The number of nitrogens with one attached hydrogen (secondary N) is 1. The van der Waals surface area contributed by atoms with Crippen molar-refractivity contribution in [1.82, 2.24) is 9.99 Å². The first kappa shape index (κ1) is 19.6. The molecule has 0 amide bonds. The van der Waals surface area contributed by atoms with Crippen LogP contribution in [0.2, 0.25) is 0 Å². The van der Waals surface area contributed by atoms with Crippen molar-refractivity contribution in [2.45, 2.75) is 19.5 Å². The number of nitrogens with zero attached hydrogens (tertiary/aromatic N) is 4. The first-order chi connectivity index (χ1) is 14.7. The van der Waals surface area contributed by atoms with Crippen molar-refractivity contribution in [2.75, 3.05) is 19.5 Å². The summed E-state index contributed by atoms with van der Waals surface area (Å²) in [5, 5.41) is 14.6.